The summed E-state index contributed by atoms with van der Waals surface area (Å²) in [5.74, 6) is 0.461. The summed E-state index contributed by atoms with van der Waals surface area (Å²) in [5, 5.41) is 5.53. The maximum atomic E-state index is 6.71. The molecule has 0 N–H and O–H groups in total. The van der Waals surface area contributed by atoms with Gasteiger partial charge in [0.25, 0.3) is 5.52 Å². The average Bonchev–Trinajstić information content (AvgIpc) is 3.36. The lowest BCUT2D eigenvalue weighted by Gasteiger charge is -2.34. The maximum absolute atomic E-state index is 6.71. The molecule has 0 radical (unpaired) electrons. The lowest BCUT2D eigenvalue weighted by atomic mass is 9.71. The van der Waals surface area contributed by atoms with E-state index >= 15 is 0 Å². The molecule has 0 amide bonds. The Balaban J connectivity index is 1.66. The molecule has 0 saturated heterocycles. The van der Waals surface area contributed by atoms with Gasteiger partial charge in [0.1, 0.15) is 0 Å². The average molecular weight is 573 g/mol. The standard InChI is InChI=1S/C41H50NO/c1-9-41(10-2)22-29(7)31-14-15-32(34-26(4)18-25(3)19-27(34)5)36-33-21-30(23-40(8)16-12-11-13-17-40)20-28(6)35(33)39-38(37(31)36)42(41)24-43-39/h14-15,18-21,24,29H,9-13,16-17,22-23H2,1-8H3/q+1. The van der Waals surface area contributed by atoms with E-state index in [1.165, 1.54) is 104 Å². The summed E-state index contributed by atoms with van der Waals surface area (Å²) < 4.78 is 9.27. The van der Waals surface area contributed by atoms with Crippen LogP contribution in [0.3, 0.4) is 0 Å². The van der Waals surface area contributed by atoms with Gasteiger partial charge in [-0.2, -0.15) is 4.57 Å². The Bertz CT molecular complexity index is 1870. The zero-order chi connectivity index (χ0) is 30.3. The van der Waals surface area contributed by atoms with Gasteiger partial charge in [-0.1, -0.05) is 88.9 Å². The lowest BCUT2D eigenvalue weighted by Crippen LogP contribution is -2.54. The first-order chi connectivity index (χ1) is 20.6. The van der Waals surface area contributed by atoms with E-state index in [1.807, 2.05) is 0 Å². The van der Waals surface area contributed by atoms with Crippen LogP contribution in [-0.4, -0.2) is 0 Å². The Morgan fingerprint density at radius 2 is 1.53 bits per heavy atom. The second kappa shape index (κ2) is 10.2. The third kappa shape index (κ3) is 4.30. The van der Waals surface area contributed by atoms with E-state index in [1.54, 1.807) is 0 Å². The molecule has 43 heavy (non-hydrogen) atoms. The van der Waals surface area contributed by atoms with Crippen molar-refractivity contribution in [3.05, 3.63) is 76.2 Å². The number of nitrogens with zero attached hydrogens (tertiary/aromatic N) is 1. The van der Waals surface area contributed by atoms with Gasteiger partial charge < -0.3 is 4.42 Å². The fourth-order valence-corrected chi connectivity index (χ4v) is 9.66. The maximum Gasteiger partial charge on any atom is 0.336 e. The topological polar surface area (TPSA) is 17.0 Å². The van der Waals surface area contributed by atoms with E-state index < -0.39 is 0 Å². The van der Waals surface area contributed by atoms with Crippen LogP contribution in [0.5, 0.6) is 0 Å². The van der Waals surface area contributed by atoms with Gasteiger partial charge >= 0.3 is 6.39 Å². The van der Waals surface area contributed by atoms with E-state index in [-0.39, 0.29) is 5.54 Å². The molecule has 1 fully saturated rings. The molecule has 2 heteroatoms. The highest BCUT2D eigenvalue weighted by Crippen LogP contribution is 2.49. The molecular weight excluding hydrogens is 522 g/mol. The van der Waals surface area contributed by atoms with E-state index in [9.17, 15) is 0 Å². The highest BCUT2D eigenvalue weighted by molar-refractivity contribution is 6.27. The van der Waals surface area contributed by atoms with E-state index in [4.69, 9.17) is 4.42 Å². The third-order valence-electron chi connectivity index (χ3n) is 11.8. The Kier molecular flexibility index (Phi) is 6.80. The van der Waals surface area contributed by atoms with Crippen molar-refractivity contribution in [1.29, 1.82) is 0 Å². The minimum atomic E-state index is 0.0452. The third-order valence-corrected chi connectivity index (χ3v) is 11.8. The molecule has 0 spiro atoms. The number of hydrogen-bond donors (Lipinski definition) is 0. The van der Waals surface area contributed by atoms with Crippen LogP contribution in [0, 0.1) is 33.1 Å². The van der Waals surface area contributed by atoms with Gasteiger partial charge in [-0.05, 0) is 103 Å². The Hall–Kier alpha value is -3.13. The summed E-state index contributed by atoms with van der Waals surface area (Å²) in [4.78, 5) is 0. The van der Waals surface area contributed by atoms with E-state index in [0.29, 0.717) is 11.3 Å². The minimum absolute atomic E-state index is 0.0452. The van der Waals surface area contributed by atoms with E-state index in [2.05, 4.69) is 103 Å². The molecule has 2 aliphatic rings. The lowest BCUT2D eigenvalue weighted by molar-refractivity contribution is -0.747. The first-order valence-electron chi connectivity index (χ1n) is 17.0. The molecule has 1 aliphatic carbocycles. The molecule has 1 aliphatic heterocycles. The number of aromatic nitrogens is 1. The van der Waals surface area contributed by atoms with Gasteiger partial charge in [0.2, 0.25) is 5.58 Å². The van der Waals surface area contributed by atoms with Gasteiger partial charge in [-0.15, -0.1) is 0 Å². The predicted molar refractivity (Wildman–Crippen MR) is 182 cm³/mol. The molecule has 1 atom stereocenters. The van der Waals surface area contributed by atoms with Crippen molar-refractivity contribution in [3.8, 4) is 11.1 Å². The molecule has 224 valence electrons. The van der Waals surface area contributed by atoms with Gasteiger partial charge in [0.15, 0.2) is 5.54 Å². The summed E-state index contributed by atoms with van der Waals surface area (Å²) in [6.45, 7) is 18.9. The number of hydrogen-bond acceptors (Lipinski definition) is 1. The zero-order valence-electron chi connectivity index (χ0n) is 27.8. The van der Waals surface area contributed by atoms with Crippen LogP contribution >= 0.6 is 0 Å². The Morgan fingerprint density at radius 1 is 0.837 bits per heavy atom. The molecule has 1 unspecified atom stereocenters. The first kappa shape index (κ1) is 28.6. The molecule has 2 nitrogen and oxygen atoms in total. The van der Waals surface area contributed by atoms with Crippen molar-refractivity contribution in [3.63, 3.8) is 0 Å². The van der Waals surface area contributed by atoms with Crippen LogP contribution < -0.4 is 4.57 Å². The summed E-state index contributed by atoms with van der Waals surface area (Å²) in [6.07, 6.45) is 13.4. The van der Waals surface area contributed by atoms with Crippen molar-refractivity contribution >= 4 is 32.6 Å². The summed E-state index contributed by atoms with van der Waals surface area (Å²) >= 11 is 0. The van der Waals surface area contributed by atoms with Crippen LogP contribution in [0.1, 0.15) is 118 Å². The van der Waals surface area contributed by atoms with Crippen molar-refractivity contribution < 1.29 is 8.98 Å². The normalized spacial score (nSPS) is 19.5. The van der Waals surface area contributed by atoms with Crippen molar-refractivity contribution in [2.45, 2.75) is 125 Å². The van der Waals surface area contributed by atoms with Crippen LogP contribution in [-0.2, 0) is 12.0 Å². The fraction of sp³-hybridized carbons (Fsp3) is 0.488. The van der Waals surface area contributed by atoms with Crippen molar-refractivity contribution in [2.24, 2.45) is 5.41 Å². The number of oxazole rings is 1. The second-order valence-electron chi connectivity index (χ2n) is 14.9. The molecule has 1 saturated carbocycles. The number of rotatable bonds is 5. The largest absolute Gasteiger partial charge is 0.403 e. The second-order valence-corrected chi connectivity index (χ2v) is 14.9. The van der Waals surface area contributed by atoms with Crippen molar-refractivity contribution in [2.75, 3.05) is 0 Å². The number of aryl methyl sites for hydroxylation is 4. The zero-order valence-corrected chi connectivity index (χ0v) is 27.8. The monoisotopic (exact) mass is 572 g/mol. The van der Waals surface area contributed by atoms with Gasteiger partial charge in [-0.25, -0.2) is 0 Å². The molecule has 2 heterocycles. The first-order valence-corrected chi connectivity index (χ1v) is 17.0. The smallest absolute Gasteiger partial charge is 0.336 e. The van der Waals surface area contributed by atoms with Crippen molar-refractivity contribution in [1.82, 2.24) is 0 Å². The Morgan fingerprint density at radius 3 is 2.21 bits per heavy atom. The Labute approximate surface area is 258 Å². The van der Waals surface area contributed by atoms with Crippen LogP contribution in [0.15, 0.2) is 47.2 Å². The molecule has 1 aromatic heterocycles. The van der Waals surface area contributed by atoms with Gasteiger partial charge in [-0.3, -0.25) is 0 Å². The molecular formula is C41H50NO+. The molecule has 0 bridgehead atoms. The summed E-state index contributed by atoms with van der Waals surface area (Å²) in [7, 11) is 0. The quantitative estimate of drug-likeness (QED) is 0.151. The summed E-state index contributed by atoms with van der Waals surface area (Å²) in [5.41, 5.74) is 14.0. The molecule has 4 aromatic carbocycles. The number of benzene rings is 4. The minimum Gasteiger partial charge on any atom is -0.403 e. The molecule has 5 aromatic rings. The van der Waals surface area contributed by atoms with E-state index in [0.717, 1.165) is 31.3 Å². The number of fused-ring (bicyclic) bond motifs is 3. The van der Waals surface area contributed by atoms with Crippen LogP contribution in [0.4, 0.5) is 0 Å². The highest BCUT2D eigenvalue weighted by atomic mass is 16.3. The van der Waals surface area contributed by atoms with Gasteiger partial charge in [0.05, 0.1) is 5.39 Å². The highest BCUT2D eigenvalue weighted by Gasteiger charge is 2.45. The predicted octanol–water partition coefficient (Wildman–Crippen LogP) is 11.5. The van der Waals surface area contributed by atoms with Gasteiger partial charge in [0, 0.05) is 30.0 Å². The SMILES string of the molecule is CCC1(CC)CC(C)c2ccc(-c3c(C)cc(C)cc3C)c3c4cc(CC5(C)CCCCC5)cc(C)c4c4oc[n+]1c4c23. The summed E-state index contributed by atoms with van der Waals surface area (Å²) in [6, 6.07) is 14.7. The fourth-order valence-electron chi connectivity index (χ4n) is 9.66. The van der Waals surface area contributed by atoms with Crippen LogP contribution in [0.25, 0.3) is 43.8 Å². The molecule has 7 rings (SSSR count). The van der Waals surface area contributed by atoms with Crippen LogP contribution in [0.2, 0.25) is 0 Å².